The summed E-state index contributed by atoms with van der Waals surface area (Å²) in [5, 5.41) is 6.74. The van der Waals surface area contributed by atoms with Crippen molar-refractivity contribution in [2.45, 2.75) is 33.3 Å². The zero-order chi connectivity index (χ0) is 15.9. The molecular weight excluding hydrogens is 409 g/mol. The minimum atomic E-state index is 0. The molecule has 0 saturated heterocycles. The summed E-state index contributed by atoms with van der Waals surface area (Å²) in [5.74, 6) is 2.34. The van der Waals surface area contributed by atoms with E-state index in [-0.39, 0.29) is 30.1 Å². The van der Waals surface area contributed by atoms with Gasteiger partial charge in [0.1, 0.15) is 5.75 Å². The van der Waals surface area contributed by atoms with E-state index in [0.29, 0.717) is 30.6 Å². The lowest BCUT2D eigenvalue weighted by Gasteiger charge is -2.10. The molecule has 23 heavy (non-hydrogen) atoms. The minimum absolute atomic E-state index is 0. The van der Waals surface area contributed by atoms with Gasteiger partial charge >= 0.3 is 0 Å². The molecule has 0 radical (unpaired) electrons. The molecule has 0 atom stereocenters. The molecule has 1 aromatic heterocycles. The molecule has 0 aliphatic rings. The van der Waals surface area contributed by atoms with E-state index in [1.165, 1.54) is 0 Å². The van der Waals surface area contributed by atoms with E-state index in [2.05, 4.69) is 20.4 Å². The molecule has 8 heteroatoms. The highest BCUT2D eigenvalue weighted by atomic mass is 127. The molecule has 2 aromatic rings. The zero-order valence-corrected chi connectivity index (χ0v) is 15.8. The molecule has 0 spiro atoms. The summed E-state index contributed by atoms with van der Waals surface area (Å²) in [5.41, 5.74) is 6.69. The van der Waals surface area contributed by atoms with Crippen molar-refractivity contribution in [2.75, 3.05) is 11.9 Å². The summed E-state index contributed by atoms with van der Waals surface area (Å²) >= 11 is 0. The maximum Gasteiger partial charge on any atom is 0.228 e. The molecule has 126 valence electrons. The number of nitrogens with two attached hydrogens (primary N) is 1. The highest BCUT2D eigenvalue weighted by molar-refractivity contribution is 14.0. The van der Waals surface area contributed by atoms with Crippen LogP contribution in [0.4, 0.5) is 5.69 Å². The zero-order valence-electron chi connectivity index (χ0n) is 13.4. The van der Waals surface area contributed by atoms with Crippen LogP contribution in [0.3, 0.4) is 0 Å². The summed E-state index contributed by atoms with van der Waals surface area (Å²) in [7, 11) is 0. The van der Waals surface area contributed by atoms with Crippen molar-refractivity contribution in [2.24, 2.45) is 10.7 Å². The number of hydrogen-bond donors (Lipinski definition) is 2. The van der Waals surface area contributed by atoms with Crippen molar-refractivity contribution in [3.63, 3.8) is 0 Å². The highest BCUT2D eigenvalue weighted by Crippen LogP contribution is 2.16. The average Bonchev–Trinajstić information content (AvgIpc) is 2.86. The van der Waals surface area contributed by atoms with E-state index in [0.717, 1.165) is 11.4 Å². The Balaban J connectivity index is 0.00000264. The van der Waals surface area contributed by atoms with Crippen molar-refractivity contribution in [3.05, 3.63) is 36.0 Å². The van der Waals surface area contributed by atoms with E-state index in [1.54, 1.807) is 6.92 Å². The third kappa shape index (κ3) is 6.85. The van der Waals surface area contributed by atoms with Crippen molar-refractivity contribution in [1.29, 1.82) is 0 Å². The Morgan fingerprint density at radius 3 is 2.61 bits per heavy atom. The van der Waals surface area contributed by atoms with Gasteiger partial charge in [0.15, 0.2) is 11.8 Å². The quantitative estimate of drug-likeness (QED) is 0.415. The number of benzene rings is 1. The molecule has 1 heterocycles. The predicted octanol–water partition coefficient (Wildman–Crippen LogP) is 2.75. The maximum atomic E-state index is 5.83. The summed E-state index contributed by atoms with van der Waals surface area (Å²) < 4.78 is 10.6. The van der Waals surface area contributed by atoms with Gasteiger partial charge in [0, 0.05) is 12.1 Å². The Kier molecular flexibility index (Phi) is 7.79. The van der Waals surface area contributed by atoms with Gasteiger partial charge in [0.25, 0.3) is 0 Å². The predicted molar refractivity (Wildman–Crippen MR) is 100 cm³/mol. The van der Waals surface area contributed by atoms with Crippen LogP contribution >= 0.6 is 24.0 Å². The SMILES string of the molecule is Cc1noc(CCN=C(N)Nc2ccc(OC(C)C)cc2)n1.I. The Morgan fingerprint density at radius 2 is 2.04 bits per heavy atom. The number of halogens is 1. The summed E-state index contributed by atoms with van der Waals surface area (Å²) in [6.07, 6.45) is 0.712. The van der Waals surface area contributed by atoms with Crippen LogP contribution < -0.4 is 15.8 Å². The Bertz CT molecular complexity index is 625. The smallest absolute Gasteiger partial charge is 0.228 e. The maximum absolute atomic E-state index is 5.83. The monoisotopic (exact) mass is 431 g/mol. The van der Waals surface area contributed by atoms with Crippen LogP contribution in [0.5, 0.6) is 5.75 Å². The van der Waals surface area contributed by atoms with Gasteiger partial charge in [-0.2, -0.15) is 4.98 Å². The lowest BCUT2D eigenvalue weighted by Crippen LogP contribution is -2.23. The van der Waals surface area contributed by atoms with Gasteiger partial charge in [0.05, 0.1) is 12.6 Å². The summed E-state index contributed by atoms with van der Waals surface area (Å²) in [4.78, 5) is 8.32. The van der Waals surface area contributed by atoms with Crippen molar-refractivity contribution < 1.29 is 9.26 Å². The van der Waals surface area contributed by atoms with Gasteiger partial charge in [-0.3, -0.25) is 4.99 Å². The number of anilines is 1. The Hall–Kier alpha value is -1.84. The molecule has 0 bridgehead atoms. The van der Waals surface area contributed by atoms with Gasteiger partial charge in [-0.1, -0.05) is 5.16 Å². The van der Waals surface area contributed by atoms with Gasteiger partial charge in [-0.25, -0.2) is 0 Å². The molecule has 0 aliphatic heterocycles. The van der Waals surface area contributed by atoms with Crippen LogP contribution in [0.1, 0.15) is 25.6 Å². The summed E-state index contributed by atoms with van der Waals surface area (Å²) in [6, 6.07) is 7.55. The number of aryl methyl sites for hydroxylation is 1. The van der Waals surface area contributed by atoms with Crippen molar-refractivity contribution in [3.8, 4) is 5.75 Å². The van der Waals surface area contributed by atoms with E-state index in [4.69, 9.17) is 15.0 Å². The Morgan fingerprint density at radius 1 is 1.35 bits per heavy atom. The molecule has 2 rings (SSSR count). The molecule has 7 nitrogen and oxygen atoms in total. The molecule has 0 fully saturated rings. The van der Waals surface area contributed by atoms with Crippen LogP contribution in [0.15, 0.2) is 33.8 Å². The lowest BCUT2D eigenvalue weighted by atomic mass is 10.3. The average molecular weight is 431 g/mol. The van der Waals surface area contributed by atoms with Crippen LogP contribution in [0.25, 0.3) is 0 Å². The molecule has 0 amide bonds. The normalized spacial score (nSPS) is 11.2. The Labute approximate surface area is 152 Å². The van der Waals surface area contributed by atoms with Crippen molar-refractivity contribution >= 4 is 35.6 Å². The number of hydrogen-bond acceptors (Lipinski definition) is 5. The number of nitrogens with one attached hydrogen (secondary N) is 1. The molecular formula is C15H22IN5O2. The first kappa shape index (κ1) is 19.2. The molecule has 1 aromatic carbocycles. The first-order chi connectivity index (χ1) is 10.5. The highest BCUT2D eigenvalue weighted by Gasteiger charge is 2.02. The number of rotatable bonds is 6. The number of guanidine groups is 1. The minimum Gasteiger partial charge on any atom is -0.491 e. The van der Waals surface area contributed by atoms with E-state index in [9.17, 15) is 0 Å². The molecule has 0 saturated carbocycles. The van der Waals surface area contributed by atoms with Gasteiger partial charge in [-0.15, -0.1) is 24.0 Å². The number of nitrogens with zero attached hydrogens (tertiary/aromatic N) is 3. The van der Waals surface area contributed by atoms with Crippen molar-refractivity contribution in [1.82, 2.24) is 10.1 Å². The van der Waals surface area contributed by atoms with Crippen LogP contribution in [-0.4, -0.2) is 28.7 Å². The lowest BCUT2D eigenvalue weighted by molar-refractivity contribution is 0.242. The topological polar surface area (TPSA) is 98.6 Å². The third-order valence-electron chi connectivity index (χ3n) is 2.68. The fourth-order valence-electron chi connectivity index (χ4n) is 1.79. The number of aromatic nitrogens is 2. The third-order valence-corrected chi connectivity index (χ3v) is 2.68. The van der Waals surface area contributed by atoms with Gasteiger partial charge in [-0.05, 0) is 45.0 Å². The fraction of sp³-hybridized carbons (Fsp3) is 0.400. The number of ether oxygens (including phenoxy) is 1. The first-order valence-electron chi connectivity index (χ1n) is 7.16. The molecule has 3 N–H and O–H groups in total. The number of aliphatic imine (C=N–C) groups is 1. The van der Waals surface area contributed by atoms with Crippen LogP contribution in [0.2, 0.25) is 0 Å². The van der Waals surface area contributed by atoms with Gasteiger partial charge < -0.3 is 20.3 Å². The second-order valence-corrected chi connectivity index (χ2v) is 5.07. The van der Waals surface area contributed by atoms with E-state index in [1.807, 2.05) is 38.1 Å². The van der Waals surface area contributed by atoms with Crippen LogP contribution in [-0.2, 0) is 6.42 Å². The van der Waals surface area contributed by atoms with E-state index >= 15 is 0 Å². The standard InChI is InChI=1S/C15H21N5O2.HI/c1-10(2)21-13-6-4-12(5-7-13)19-15(16)17-9-8-14-18-11(3)20-22-14;/h4-7,10H,8-9H2,1-3H3,(H3,16,17,19);1H. The second-order valence-electron chi connectivity index (χ2n) is 5.07. The molecule has 0 aliphatic carbocycles. The first-order valence-corrected chi connectivity index (χ1v) is 7.16. The van der Waals surface area contributed by atoms with E-state index < -0.39 is 0 Å². The molecule has 0 unspecified atom stereocenters. The fourth-order valence-corrected chi connectivity index (χ4v) is 1.79. The largest absolute Gasteiger partial charge is 0.491 e. The second kappa shape index (κ2) is 9.33. The van der Waals surface area contributed by atoms with Crippen LogP contribution in [0, 0.1) is 6.92 Å². The summed E-state index contributed by atoms with van der Waals surface area (Å²) in [6.45, 7) is 6.23. The van der Waals surface area contributed by atoms with Gasteiger partial charge in [0.2, 0.25) is 5.89 Å².